The number of carbonyl (C=O) groups excluding carboxylic acids is 2. The molecule has 0 aromatic carbocycles. The SMILES string of the molecule is [N-]=[N+]=CC(=O)C1[C@H]2C=C[C@H]3C(C(=O)C=[N+]=[N-])[C@H]4C=C[C@@H]1C4C23. The van der Waals surface area contributed by atoms with E-state index in [1.165, 1.54) is 0 Å². The van der Waals surface area contributed by atoms with Gasteiger partial charge in [-0.3, -0.25) is 9.59 Å². The summed E-state index contributed by atoms with van der Waals surface area (Å²) in [6, 6.07) is 0. The van der Waals surface area contributed by atoms with Gasteiger partial charge in [-0.05, 0) is 35.5 Å². The molecule has 0 spiro atoms. The lowest BCUT2D eigenvalue weighted by Gasteiger charge is -2.20. The minimum Gasteiger partial charge on any atom is -0.361 e. The Balaban J connectivity index is 1.74. The second-order valence-corrected chi connectivity index (χ2v) is 6.58. The lowest BCUT2D eigenvalue weighted by atomic mass is 9.80. The van der Waals surface area contributed by atoms with Crippen molar-refractivity contribution < 1.29 is 19.2 Å². The molecular weight excluding hydrogens is 280 g/mol. The Hall–Kier alpha value is -2.42. The summed E-state index contributed by atoms with van der Waals surface area (Å²) in [5.41, 5.74) is 17.3. The molecule has 0 heterocycles. The van der Waals surface area contributed by atoms with Crippen LogP contribution in [0.5, 0.6) is 0 Å². The highest BCUT2D eigenvalue weighted by atomic mass is 16.1. The van der Waals surface area contributed by atoms with E-state index in [-0.39, 0.29) is 58.9 Å². The van der Waals surface area contributed by atoms with Gasteiger partial charge in [0.25, 0.3) is 0 Å². The van der Waals surface area contributed by atoms with Gasteiger partial charge in [0.15, 0.2) is 0 Å². The van der Waals surface area contributed by atoms with Crippen molar-refractivity contribution in [3.05, 3.63) is 35.4 Å². The molecule has 110 valence electrons. The topological polar surface area (TPSA) is 107 Å². The van der Waals surface area contributed by atoms with E-state index in [0.717, 1.165) is 12.4 Å². The molecule has 4 unspecified atom stereocenters. The van der Waals surface area contributed by atoms with Gasteiger partial charge in [0.2, 0.25) is 11.6 Å². The Morgan fingerprint density at radius 1 is 0.727 bits per heavy atom. The van der Waals surface area contributed by atoms with Crippen LogP contribution in [-0.4, -0.2) is 33.6 Å². The van der Waals surface area contributed by atoms with Crippen LogP contribution in [0.2, 0.25) is 0 Å². The van der Waals surface area contributed by atoms with Gasteiger partial charge in [-0.2, -0.15) is 9.58 Å². The summed E-state index contributed by atoms with van der Waals surface area (Å²) < 4.78 is 0. The summed E-state index contributed by atoms with van der Waals surface area (Å²) in [4.78, 5) is 30.3. The zero-order chi connectivity index (χ0) is 15.4. The number of ketones is 2. The number of carbonyl (C=O) groups is 2. The van der Waals surface area contributed by atoms with E-state index in [0.29, 0.717) is 0 Å². The molecule has 4 rings (SSSR count). The van der Waals surface area contributed by atoms with Gasteiger partial charge in [-0.25, -0.2) is 0 Å². The monoisotopic (exact) mass is 294 g/mol. The number of hydrogen-bond donors (Lipinski definition) is 0. The van der Waals surface area contributed by atoms with Crippen molar-refractivity contribution in [2.75, 3.05) is 0 Å². The minimum absolute atomic E-state index is 0.0989. The van der Waals surface area contributed by atoms with Crippen molar-refractivity contribution in [3.63, 3.8) is 0 Å². The number of rotatable bonds is 4. The summed E-state index contributed by atoms with van der Waals surface area (Å²) in [5, 5.41) is 0. The first-order valence-electron chi connectivity index (χ1n) is 7.48. The van der Waals surface area contributed by atoms with E-state index in [9.17, 15) is 9.59 Å². The summed E-state index contributed by atoms with van der Waals surface area (Å²) in [5.74, 6) is 0.239. The Morgan fingerprint density at radius 2 is 1.05 bits per heavy atom. The molecule has 2 fully saturated rings. The molecule has 0 bridgehead atoms. The molecule has 0 radical (unpaired) electrons. The standard InChI is InChI=1S/C16H14N4O2/c17-19-5-11(21)13-7-1-2-8-14(12(22)6-20-18)10-4-3-9(13)16(10)15(7)8/h1-10,13-16H/t7-,8+,9+,10-,13?,14?,15?,16?. The molecule has 0 N–H and O–H groups in total. The first kappa shape index (κ1) is 13.3. The van der Waals surface area contributed by atoms with Crippen LogP contribution in [0.1, 0.15) is 0 Å². The lowest BCUT2D eigenvalue weighted by Crippen LogP contribution is -2.29. The van der Waals surface area contributed by atoms with Gasteiger partial charge in [0, 0.05) is 11.8 Å². The fourth-order valence-electron chi connectivity index (χ4n) is 5.56. The molecule has 8 atom stereocenters. The normalized spacial score (nSPS) is 45.3. The molecule has 22 heavy (non-hydrogen) atoms. The maximum absolute atomic E-state index is 12.3. The van der Waals surface area contributed by atoms with Gasteiger partial charge in [0.05, 0.1) is 0 Å². The van der Waals surface area contributed by atoms with Crippen molar-refractivity contribution in [1.82, 2.24) is 0 Å². The maximum Gasteiger partial charge on any atom is 0.323 e. The smallest absolute Gasteiger partial charge is 0.323 e. The van der Waals surface area contributed by atoms with E-state index in [2.05, 4.69) is 9.58 Å². The van der Waals surface area contributed by atoms with E-state index < -0.39 is 0 Å². The van der Waals surface area contributed by atoms with Crippen LogP contribution >= 0.6 is 0 Å². The van der Waals surface area contributed by atoms with E-state index in [1.807, 2.05) is 24.3 Å². The van der Waals surface area contributed by atoms with Crippen LogP contribution in [0, 0.1) is 47.3 Å². The van der Waals surface area contributed by atoms with Crippen LogP contribution in [0.25, 0.3) is 11.1 Å². The zero-order valence-corrected chi connectivity index (χ0v) is 11.7. The van der Waals surface area contributed by atoms with Crippen LogP contribution in [0.4, 0.5) is 0 Å². The molecule has 4 aliphatic rings. The van der Waals surface area contributed by atoms with Gasteiger partial charge in [-0.1, -0.05) is 24.3 Å². The fraction of sp³-hybridized carbons (Fsp3) is 0.500. The second kappa shape index (κ2) is 4.54. The maximum atomic E-state index is 12.3. The van der Waals surface area contributed by atoms with E-state index in [1.54, 1.807) is 0 Å². The van der Waals surface area contributed by atoms with Gasteiger partial charge in [-0.15, -0.1) is 0 Å². The Morgan fingerprint density at radius 3 is 1.32 bits per heavy atom. The predicted molar refractivity (Wildman–Crippen MR) is 75.6 cm³/mol. The molecule has 0 amide bonds. The molecule has 0 saturated heterocycles. The predicted octanol–water partition coefficient (Wildman–Crippen LogP) is 0.822. The third-order valence-corrected chi connectivity index (χ3v) is 6.02. The van der Waals surface area contributed by atoms with Crippen molar-refractivity contribution in [3.8, 4) is 0 Å². The number of nitrogens with zero attached hydrogens (tertiary/aromatic N) is 4. The van der Waals surface area contributed by atoms with E-state index >= 15 is 0 Å². The van der Waals surface area contributed by atoms with Crippen LogP contribution in [0.3, 0.4) is 0 Å². The summed E-state index contributed by atoms with van der Waals surface area (Å²) >= 11 is 0. The molecule has 6 nitrogen and oxygen atoms in total. The minimum atomic E-state index is -0.198. The highest BCUT2D eigenvalue weighted by Crippen LogP contribution is 2.67. The van der Waals surface area contributed by atoms with Crippen molar-refractivity contribution >= 4 is 24.0 Å². The Kier molecular flexibility index (Phi) is 2.73. The Labute approximate surface area is 126 Å². The first-order chi connectivity index (χ1) is 10.7. The van der Waals surface area contributed by atoms with Gasteiger partial charge >= 0.3 is 12.4 Å². The summed E-state index contributed by atoms with van der Waals surface area (Å²) in [6.07, 6.45) is 10.2. The average Bonchev–Trinajstić information content (AvgIpc) is 3.17. The second-order valence-electron chi connectivity index (χ2n) is 6.58. The van der Waals surface area contributed by atoms with Crippen LogP contribution in [-0.2, 0) is 9.59 Å². The quantitative estimate of drug-likeness (QED) is 0.331. The van der Waals surface area contributed by atoms with Crippen LogP contribution in [0.15, 0.2) is 24.3 Å². The molecule has 6 heteroatoms. The van der Waals surface area contributed by atoms with Crippen molar-refractivity contribution in [1.29, 1.82) is 0 Å². The summed E-state index contributed by atoms with van der Waals surface area (Å²) in [6.45, 7) is 0. The molecule has 4 aliphatic carbocycles. The molecule has 0 aliphatic heterocycles. The van der Waals surface area contributed by atoms with Gasteiger partial charge in [0.1, 0.15) is 0 Å². The number of allylic oxidation sites excluding steroid dienone is 4. The van der Waals surface area contributed by atoms with Crippen LogP contribution < -0.4 is 0 Å². The lowest BCUT2D eigenvalue weighted by molar-refractivity contribution is -0.121. The average molecular weight is 294 g/mol. The highest BCUT2D eigenvalue weighted by Gasteiger charge is 2.66. The molecule has 0 aromatic heterocycles. The third-order valence-electron chi connectivity index (χ3n) is 6.02. The largest absolute Gasteiger partial charge is 0.361 e. The molecule has 2 saturated carbocycles. The van der Waals surface area contributed by atoms with E-state index in [4.69, 9.17) is 11.1 Å². The summed E-state index contributed by atoms with van der Waals surface area (Å²) in [7, 11) is 0. The first-order valence-corrected chi connectivity index (χ1v) is 7.48. The van der Waals surface area contributed by atoms with Gasteiger partial charge < -0.3 is 11.1 Å². The van der Waals surface area contributed by atoms with Crippen molar-refractivity contribution in [2.24, 2.45) is 47.3 Å². The third kappa shape index (κ3) is 1.46. The number of hydrogen-bond acceptors (Lipinski definition) is 2. The molecule has 0 aromatic rings. The van der Waals surface area contributed by atoms with Crippen molar-refractivity contribution in [2.45, 2.75) is 0 Å². The fourth-order valence-corrected chi connectivity index (χ4v) is 5.56. The highest BCUT2D eigenvalue weighted by molar-refractivity contribution is 6.27. The zero-order valence-electron chi connectivity index (χ0n) is 11.7. The molecular formula is C16H14N4O2. The Bertz CT molecular complexity index is 636. The number of Topliss-reactive ketones (excluding diaryl/α,β-unsaturated/α-hetero) is 2.